The minimum absolute atomic E-state index is 0.0342. The van der Waals surface area contributed by atoms with Crippen molar-refractivity contribution in [3.8, 4) is 0 Å². The third kappa shape index (κ3) is 5.16. The highest BCUT2D eigenvalue weighted by molar-refractivity contribution is 8.00. The quantitative estimate of drug-likeness (QED) is 0.584. The third-order valence-electron chi connectivity index (χ3n) is 4.88. The van der Waals surface area contributed by atoms with Gasteiger partial charge in [-0.2, -0.15) is 0 Å². The van der Waals surface area contributed by atoms with E-state index in [1.54, 1.807) is 11.8 Å². The van der Waals surface area contributed by atoms with Gasteiger partial charge in [0.05, 0.1) is 5.75 Å². The summed E-state index contributed by atoms with van der Waals surface area (Å²) in [5, 5.41) is 2.94. The van der Waals surface area contributed by atoms with Crippen molar-refractivity contribution in [2.75, 3.05) is 16.0 Å². The number of hydrogen-bond acceptors (Lipinski definition) is 3. The largest absolute Gasteiger partial charge is 0.326 e. The van der Waals surface area contributed by atoms with Crippen molar-refractivity contribution < 1.29 is 9.59 Å². The number of benzene rings is 2. The molecule has 3 rings (SSSR count). The maximum Gasteiger partial charge on any atom is 0.238 e. The molecule has 1 saturated heterocycles. The Labute approximate surface area is 171 Å². The summed E-state index contributed by atoms with van der Waals surface area (Å²) in [6.07, 6.45) is 4.95. The predicted molar refractivity (Wildman–Crippen MR) is 118 cm³/mol. The summed E-state index contributed by atoms with van der Waals surface area (Å²) in [6, 6.07) is 15.9. The van der Waals surface area contributed by atoms with E-state index in [0.717, 1.165) is 35.3 Å². The minimum atomic E-state index is -0.0342. The lowest BCUT2D eigenvalue weighted by Crippen LogP contribution is -2.27. The zero-order valence-corrected chi connectivity index (χ0v) is 17.4. The number of carbonyl (C=O) groups excluding carboxylic acids is 2. The van der Waals surface area contributed by atoms with Crippen LogP contribution in [-0.2, 0) is 9.59 Å². The average Bonchev–Trinajstić information content (AvgIpc) is 3.07. The van der Waals surface area contributed by atoms with Gasteiger partial charge < -0.3 is 5.32 Å². The summed E-state index contributed by atoms with van der Waals surface area (Å²) in [5.41, 5.74) is 3.95. The van der Waals surface area contributed by atoms with E-state index in [-0.39, 0.29) is 17.2 Å². The summed E-state index contributed by atoms with van der Waals surface area (Å²) in [5.74, 6) is 0.676. The summed E-state index contributed by atoms with van der Waals surface area (Å²) in [6.45, 7) is 4.20. The van der Waals surface area contributed by atoms with Crippen LogP contribution < -0.4 is 10.2 Å². The van der Waals surface area contributed by atoms with E-state index >= 15 is 0 Å². The van der Waals surface area contributed by atoms with Gasteiger partial charge in [0, 0.05) is 17.8 Å². The Kier molecular flexibility index (Phi) is 7.15. The monoisotopic (exact) mass is 396 g/mol. The van der Waals surface area contributed by atoms with Crippen LogP contribution in [0.5, 0.6) is 0 Å². The fourth-order valence-electron chi connectivity index (χ4n) is 3.39. The molecule has 0 radical (unpaired) electrons. The molecule has 148 valence electrons. The Morgan fingerprint density at radius 2 is 1.93 bits per heavy atom. The van der Waals surface area contributed by atoms with Crippen molar-refractivity contribution in [3.05, 3.63) is 59.7 Å². The molecule has 1 aliphatic rings. The summed E-state index contributed by atoms with van der Waals surface area (Å²) in [4.78, 5) is 26.4. The Morgan fingerprint density at radius 1 is 1.14 bits per heavy atom. The van der Waals surface area contributed by atoms with Crippen LogP contribution in [0.15, 0.2) is 48.5 Å². The van der Waals surface area contributed by atoms with Crippen LogP contribution in [0.3, 0.4) is 0 Å². The number of thioether (sulfide) groups is 1. The van der Waals surface area contributed by atoms with Crippen LogP contribution in [0.2, 0.25) is 0 Å². The maximum atomic E-state index is 12.5. The molecule has 0 saturated carbocycles. The zero-order chi connectivity index (χ0) is 19.9. The fourth-order valence-corrected chi connectivity index (χ4v) is 4.57. The van der Waals surface area contributed by atoms with E-state index < -0.39 is 0 Å². The van der Waals surface area contributed by atoms with Gasteiger partial charge in [0.15, 0.2) is 0 Å². The predicted octanol–water partition coefficient (Wildman–Crippen LogP) is 5.68. The molecule has 1 aliphatic heterocycles. The van der Waals surface area contributed by atoms with E-state index in [4.69, 9.17) is 0 Å². The van der Waals surface area contributed by atoms with Crippen LogP contribution in [0.4, 0.5) is 11.4 Å². The Bertz CT molecular complexity index is 820. The SMILES string of the molecule is CCCCCCC(=O)Nc1ccc(C2SCC(=O)N2c2cccc(C)c2)cc1. The summed E-state index contributed by atoms with van der Waals surface area (Å²) >= 11 is 1.64. The van der Waals surface area contributed by atoms with Crippen LogP contribution in [-0.4, -0.2) is 17.6 Å². The lowest BCUT2D eigenvalue weighted by atomic mass is 10.1. The van der Waals surface area contributed by atoms with Gasteiger partial charge in [0.2, 0.25) is 11.8 Å². The molecule has 0 bridgehead atoms. The highest BCUT2D eigenvalue weighted by Crippen LogP contribution is 2.42. The average molecular weight is 397 g/mol. The number of aryl methyl sites for hydroxylation is 1. The topological polar surface area (TPSA) is 49.4 Å². The van der Waals surface area contributed by atoms with Crippen molar-refractivity contribution >= 4 is 35.0 Å². The first-order chi connectivity index (χ1) is 13.6. The molecule has 0 spiro atoms. The van der Waals surface area contributed by atoms with Crippen LogP contribution in [0, 0.1) is 6.92 Å². The first kappa shape index (κ1) is 20.5. The van der Waals surface area contributed by atoms with Crippen molar-refractivity contribution in [3.63, 3.8) is 0 Å². The van der Waals surface area contributed by atoms with Crippen LogP contribution in [0.25, 0.3) is 0 Å². The maximum absolute atomic E-state index is 12.5. The second-order valence-corrected chi connectivity index (χ2v) is 8.32. The lowest BCUT2D eigenvalue weighted by Gasteiger charge is -2.25. The lowest BCUT2D eigenvalue weighted by molar-refractivity contribution is -0.116. The standard InChI is InChI=1S/C23H28N2O2S/c1-3-4-5-6-10-21(26)24-19-13-11-18(12-14-19)23-25(22(27)16-28-23)20-9-7-8-17(2)15-20/h7-9,11-15,23H,3-6,10,16H2,1-2H3,(H,24,26). The molecule has 1 fully saturated rings. The van der Waals surface area contributed by atoms with Crippen molar-refractivity contribution in [2.45, 2.75) is 51.3 Å². The Morgan fingerprint density at radius 3 is 2.64 bits per heavy atom. The number of rotatable bonds is 8. The smallest absolute Gasteiger partial charge is 0.238 e. The molecule has 5 heteroatoms. The fraction of sp³-hybridized carbons (Fsp3) is 0.391. The van der Waals surface area contributed by atoms with Crippen molar-refractivity contribution in [2.24, 2.45) is 0 Å². The normalized spacial score (nSPS) is 16.4. The van der Waals surface area contributed by atoms with E-state index in [1.807, 2.05) is 60.4 Å². The number of amides is 2. The van der Waals surface area contributed by atoms with Crippen molar-refractivity contribution in [1.82, 2.24) is 0 Å². The third-order valence-corrected chi connectivity index (χ3v) is 6.10. The van der Waals surface area contributed by atoms with E-state index in [1.165, 1.54) is 12.8 Å². The summed E-state index contributed by atoms with van der Waals surface area (Å²) < 4.78 is 0. The molecule has 1 unspecified atom stereocenters. The Balaban J connectivity index is 1.65. The second-order valence-electron chi connectivity index (χ2n) is 7.25. The first-order valence-electron chi connectivity index (χ1n) is 9.98. The first-order valence-corrected chi connectivity index (χ1v) is 11.0. The van der Waals surface area contributed by atoms with Gasteiger partial charge in [-0.05, 0) is 48.7 Å². The molecular weight excluding hydrogens is 368 g/mol. The number of anilines is 2. The zero-order valence-electron chi connectivity index (χ0n) is 16.6. The number of nitrogens with one attached hydrogen (secondary N) is 1. The molecule has 2 amide bonds. The molecule has 2 aromatic rings. The van der Waals surface area contributed by atoms with Gasteiger partial charge in [-0.1, -0.05) is 50.5 Å². The second kappa shape index (κ2) is 9.78. The molecule has 1 atom stereocenters. The number of carbonyl (C=O) groups is 2. The molecule has 4 nitrogen and oxygen atoms in total. The van der Waals surface area contributed by atoms with Gasteiger partial charge in [-0.15, -0.1) is 11.8 Å². The van der Waals surface area contributed by atoms with E-state index in [0.29, 0.717) is 12.2 Å². The number of nitrogens with zero attached hydrogens (tertiary/aromatic N) is 1. The van der Waals surface area contributed by atoms with Gasteiger partial charge in [-0.25, -0.2) is 0 Å². The number of hydrogen-bond donors (Lipinski definition) is 1. The van der Waals surface area contributed by atoms with Crippen LogP contribution in [0.1, 0.15) is 55.5 Å². The van der Waals surface area contributed by atoms with Gasteiger partial charge in [-0.3, -0.25) is 14.5 Å². The van der Waals surface area contributed by atoms with E-state index in [2.05, 4.69) is 12.2 Å². The highest BCUT2D eigenvalue weighted by Gasteiger charge is 2.34. The molecule has 1 heterocycles. The van der Waals surface area contributed by atoms with Gasteiger partial charge in [0.25, 0.3) is 0 Å². The van der Waals surface area contributed by atoms with Gasteiger partial charge >= 0.3 is 0 Å². The molecule has 28 heavy (non-hydrogen) atoms. The number of unbranched alkanes of at least 4 members (excludes halogenated alkanes) is 3. The molecular formula is C23H28N2O2S. The Hall–Kier alpha value is -2.27. The van der Waals surface area contributed by atoms with Crippen LogP contribution >= 0.6 is 11.8 Å². The highest BCUT2D eigenvalue weighted by atomic mass is 32.2. The minimum Gasteiger partial charge on any atom is -0.326 e. The molecule has 0 aromatic heterocycles. The van der Waals surface area contributed by atoms with Gasteiger partial charge in [0.1, 0.15) is 5.37 Å². The summed E-state index contributed by atoms with van der Waals surface area (Å²) in [7, 11) is 0. The van der Waals surface area contributed by atoms with Crippen molar-refractivity contribution in [1.29, 1.82) is 0 Å². The van der Waals surface area contributed by atoms with E-state index in [9.17, 15) is 9.59 Å². The molecule has 1 N–H and O–H groups in total. The molecule has 0 aliphatic carbocycles. The molecule has 2 aromatic carbocycles.